The maximum atomic E-state index is 4.22. The van der Waals surface area contributed by atoms with Crippen LogP contribution in [0.15, 0.2) is 28.7 Å². The number of rotatable bonds is 5. The fourth-order valence-electron chi connectivity index (χ4n) is 1.51. The van der Waals surface area contributed by atoms with Gasteiger partial charge in [0.2, 0.25) is 0 Å². The molecule has 0 unspecified atom stereocenters. The molecule has 0 fully saturated rings. The minimum Gasteiger partial charge on any atom is -0.319 e. The van der Waals surface area contributed by atoms with Crippen molar-refractivity contribution in [1.29, 1.82) is 0 Å². The van der Waals surface area contributed by atoms with Gasteiger partial charge in [0, 0.05) is 23.9 Å². The van der Waals surface area contributed by atoms with Gasteiger partial charge < -0.3 is 5.32 Å². The summed E-state index contributed by atoms with van der Waals surface area (Å²) in [6.45, 7) is 0.950. The van der Waals surface area contributed by atoms with Gasteiger partial charge in [0.1, 0.15) is 10.0 Å². The molecule has 90 valence electrons. The fourth-order valence-corrected chi connectivity index (χ4v) is 2.84. The van der Waals surface area contributed by atoms with Gasteiger partial charge in [-0.15, -0.1) is 21.5 Å². The molecular weight excluding hydrogens is 298 g/mol. The molecule has 0 aliphatic carbocycles. The zero-order valence-corrected chi connectivity index (χ0v) is 12.0. The zero-order chi connectivity index (χ0) is 12.1. The molecule has 1 N–H and O–H groups in total. The highest BCUT2D eigenvalue weighted by molar-refractivity contribution is 9.10. The molecule has 1 aromatic carbocycles. The normalized spacial score (nSPS) is 10.7. The van der Waals surface area contributed by atoms with Gasteiger partial charge in [0.25, 0.3) is 0 Å². The summed E-state index contributed by atoms with van der Waals surface area (Å²) >= 11 is 5.17. The van der Waals surface area contributed by atoms with Crippen LogP contribution in [0.3, 0.4) is 0 Å². The van der Waals surface area contributed by atoms with Gasteiger partial charge >= 0.3 is 0 Å². The first kappa shape index (κ1) is 12.7. The lowest BCUT2D eigenvalue weighted by Crippen LogP contribution is -2.09. The molecule has 1 aromatic heterocycles. The Balaban J connectivity index is 2.01. The summed E-state index contributed by atoms with van der Waals surface area (Å²) in [5, 5.41) is 13.7. The van der Waals surface area contributed by atoms with Gasteiger partial charge in [-0.2, -0.15) is 0 Å². The molecule has 0 saturated carbocycles. The van der Waals surface area contributed by atoms with Crippen molar-refractivity contribution in [3.63, 3.8) is 0 Å². The lowest BCUT2D eigenvalue weighted by molar-refractivity contribution is 0.777. The monoisotopic (exact) mass is 311 g/mol. The van der Waals surface area contributed by atoms with E-state index in [2.05, 4.69) is 43.6 Å². The van der Waals surface area contributed by atoms with Gasteiger partial charge in [-0.3, -0.25) is 0 Å². The first-order chi connectivity index (χ1) is 8.28. The third kappa shape index (κ3) is 3.87. The van der Waals surface area contributed by atoms with Crippen LogP contribution < -0.4 is 5.32 Å². The van der Waals surface area contributed by atoms with E-state index in [1.165, 1.54) is 5.56 Å². The van der Waals surface area contributed by atoms with Crippen LogP contribution >= 0.6 is 27.3 Å². The molecule has 0 aliphatic rings. The highest BCUT2D eigenvalue weighted by Gasteiger charge is 2.05. The summed E-state index contributed by atoms with van der Waals surface area (Å²) in [5.74, 6) is 0. The Morgan fingerprint density at radius 2 is 2.12 bits per heavy atom. The smallest absolute Gasteiger partial charge is 0.121 e. The molecule has 0 spiro atoms. The molecule has 0 radical (unpaired) electrons. The summed E-state index contributed by atoms with van der Waals surface area (Å²) < 4.78 is 1.11. The maximum absolute atomic E-state index is 4.22. The van der Waals surface area contributed by atoms with Gasteiger partial charge in [-0.25, -0.2) is 0 Å². The Morgan fingerprint density at radius 1 is 1.29 bits per heavy atom. The summed E-state index contributed by atoms with van der Waals surface area (Å²) in [6, 6.07) is 8.30. The number of halogens is 1. The molecule has 17 heavy (non-hydrogen) atoms. The lowest BCUT2D eigenvalue weighted by atomic mass is 10.2. The second-order valence-electron chi connectivity index (χ2n) is 3.75. The molecule has 3 nitrogen and oxygen atoms in total. The molecule has 0 bridgehead atoms. The van der Waals surface area contributed by atoms with Crippen LogP contribution in [0.2, 0.25) is 0 Å². The van der Waals surface area contributed by atoms with Crippen molar-refractivity contribution in [3.8, 4) is 0 Å². The van der Waals surface area contributed by atoms with Crippen LogP contribution in [0.4, 0.5) is 0 Å². The Hall–Kier alpha value is -0.780. The van der Waals surface area contributed by atoms with E-state index in [4.69, 9.17) is 0 Å². The first-order valence-electron chi connectivity index (χ1n) is 5.48. The Labute approximate surface area is 113 Å². The van der Waals surface area contributed by atoms with Crippen LogP contribution in [0.25, 0.3) is 0 Å². The summed E-state index contributed by atoms with van der Waals surface area (Å²) in [4.78, 5) is 0. The van der Waals surface area contributed by atoms with Crippen LogP contribution in [0.5, 0.6) is 0 Å². The number of nitrogens with zero attached hydrogens (tertiary/aromatic N) is 2. The molecule has 0 saturated heterocycles. The van der Waals surface area contributed by atoms with E-state index in [9.17, 15) is 0 Å². The van der Waals surface area contributed by atoms with Crippen LogP contribution in [0.1, 0.15) is 15.6 Å². The minimum absolute atomic E-state index is 0.858. The number of aromatic nitrogens is 2. The second kappa shape index (κ2) is 6.23. The zero-order valence-electron chi connectivity index (χ0n) is 9.61. The number of nitrogens with one attached hydrogen (secondary N) is 1. The number of hydrogen-bond acceptors (Lipinski definition) is 4. The van der Waals surface area contributed by atoms with Crippen molar-refractivity contribution < 1.29 is 0 Å². The predicted octanol–water partition coefficient (Wildman–Crippen LogP) is 2.65. The number of benzene rings is 1. The average Bonchev–Trinajstić information content (AvgIpc) is 2.74. The van der Waals surface area contributed by atoms with Gasteiger partial charge in [-0.05, 0) is 24.7 Å². The molecule has 0 atom stereocenters. The first-order valence-corrected chi connectivity index (χ1v) is 7.09. The van der Waals surface area contributed by atoms with E-state index in [1.54, 1.807) is 11.3 Å². The molecule has 0 aliphatic heterocycles. The highest BCUT2D eigenvalue weighted by Crippen LogP contribution is 2.17. The minimum atomic E-state index is 0.858. The van der Waals surface area contributed by atoms with E-state index >= 15 is 0 Å². The summed E-state index contributed by atoms with van der Waals surface area (Å²) in [6.07, 6.45) is 1.81. The number of likely N-dealkylation sites (N-methyl/N-ethyl adjacent to an activating group) is 1. The van der Waals surface area contributed by atoms with E-state index < -0.39 is 0 Å². The molecular formula is C12H14BrN3S. The fraction of sp³-hybridized carbons (Fsp3) is 0.333. The van der Waals surface area contributed by atoms with E-state index in [0.29, 0.717) is 0 Å². The molecule has 2 aromatic rings. The second-order valence-corrected chi connectivity index (χ2v) is 5.81. The third-order valence-corrected chi connectivity index (χ3v) is 3.82. The van der Waals surface area contributed by atoms with Crippen molar-refractivity contribution in [2.24, 2.45) is 0 Å². The maximum Gasteiger partial charge on any atom is 0.121 e. The SMILES string of the molecule is CNCCc1nnc(Cc2cccc(Br)c2)s1. The quantitative estimate of drug-likeness (QED) is 0.922. The molecule has 1 heterocycles. The molecule has 0 amide bonds. The van der Waals surface area contributed by atoms with E-state index in [0.717, 1.165) is 33.9 Å². The molecule has 2 rings (SSSR count). The topological polar surface area (TPSA) is 37.8 Å². The average molecular weight is 312 g/mol. The highest BCUT2D eigenvalue weighted by atomic mass is 79.9. The Bertz CT molecular complexity index is 484. The molecule has 5 heteroatoms. The van der Waals surface area contributed by atoms with Crippen molar-refractivity contribution in [2.45, 2.75) is 12.8 Å². The standard InChI is InChI=1S/C12H14BrN3S/c1-14-6-5-11-15-16-12(17-11)8-9-3-2-4-10(13)7-9/h2-4,7,14H,5-6,8H2,1H3. The Kier molecular flexibility index (Phi) is 4.65. The Morgan fingerprint density at radius 3 is 2.88 bits per heavy atom. The third-order valence-electron chi connectivity index (χ3n) is 2.34. The van der Waals surface area contributed by atoms with E-state index in [-0.39, 0.29) is 0 Å². The van der Waals surface area contributed by atoms with Crippen molar-refractivity contribution in [1.82, 2.24) is 15.5 Å². The van der Waals surface area contributed by atoms with Gasteiger partial charge in [0.05, 0.1) is 0 Å². The predicted molar refractivity (Wildman–Crippen MR) is 74.5 cm³/mol. The van der Waals surface area contributed by atoms with E-state index in [1.807, 2.05) is 19.2 Å². The lowest BCUT2D eigenvalue weighted by Gasteiger charge is -1.97. The van der Waals surface area contributed by atoms with Crippen LogP contribution in [-0.2, 0) is 12.8 Å². The van der Waals surface area contributed by atoms with Crippen molar-refractivity contribution in [3.05, 3.63) is 44.3 Å². The van der Waals surface area contributed by atoms with Crippen molar-refractivity contribution >= 4 is 27.3 Å². The number of hydrogen-bond donors (Lipinski definition) is 1. The largest absolute Gasteiger partial charge is 0.319 e. The van der Waals surface area contributed by atoms with Crippen LogP contribution in [-0.4, -0.2) is 23.8 Å². The summed E-state index contributed by atoms with van der Waals surface area (Å²) in [5.41, 5.74) is 1.26. The van der Waals surface area contributed by atoms with Crippen molar-refractivity contribution in [2.75, 3.05) is 13.6 Å². The van der Waals surface area contributed by atoms with Gasteiger partial charge in [0.15, 0.2) is 0 Å². The summed E-state index contributed by atoms with van der Waals surface area (Å²) in [7, 11) is 1.95. The van der Waals surface area contributed by atoms with Crippen LogP contribution in [0, 0.1) is 0 Å². The van der Waals surface area contributed by atoms with Gasteiger partial charge in [-0.1, -0.05) is 28.1 Å².